The molecule has 1 unspecified atom stereocenters. The quantitative estimate of drug-likeness (QED) is 0.865. The molecule has 1 atom stereocenters. The van der Waals surface area contributed by atoms with E-state index in [1.54, 1.807) is 6.07 Å². The molecule has 112 valence electrons. The van der Waals surface area contributed by atoms with Gasteiger partial charge in [0.05, 0.1) is 6.10 Å². The number of hydrogen-bond donors (Lipinski definition) is 1. The van der Waals surface area contributed by atoms with Crippen LogP contribution in [-0.4, -0.2) is 11.5 Å². The Balaban J connectivity index is 2.12. The third kappa shape index (κ3) is 4.75. The first-order valence-electron chi connectivity index (χ1n) is 6.12. The van der Waals surface area contributed by atoms with Gasteiger partial charge in [0.2, 0.25) is 0 Å². The molecule has 0 fully saturated rings. The lowest BCUT2D eigenvalue weighted by Gasteiger charge is -2.14. The summed E-state index contributed by atoms with van der Waals surface area (Å²) in [4.78, 5) is 0. The molecule has 0 aliphatic rings. The van der Waals surface area contributed by atoms with Crippen LogP contribution in [-0.2, 0) is 6.42 Å². The first kappa shape index (κ1) is 15.3. The molecule has 0 bridgehead atoms. The Morgan fingerprint density at radius 1 is 1.05 bits per heavy atom. The highest BCUT2D eigenvalue weighted by atomic mass is 19.4. The zero-order chi connectivity index (χ0) is 15.5. The largest absolute Gasteiger partial charge is 0.573 e. The smallest absolute Gasteiger partial charge is 0.406 e. The van der Waals surface area contributed by atoms with E-state index in [4.69, 9.17) is 0 Å². The summed E-state index contributed by atoms with van der Waals surface area (Å²) in [5, 5.41) is 10.0. The average Bonchev–Trinajstić information content (AvgIpc) is 2.37. The van der Waals surface area contributed by atoms with E-state index < -0.39 is 24.0 Å². The van der Waals surface area contributed by atoms with E-state index in [0.29, 0.717) is 5.56 Å². The van der Waals surface area contributed by atoms with Gasteiger partial charge in [0.15, 0.2) is 0 Å². The number of aliphatic hydroxyl groups is 1. The van der Waals surface area contributed by atoms with Crippen molar-refractivity contribution in [3.05, 3.63) is 65.5 Å². The van der Waals surface area contributed by atoms with Gasteiger partial charge in [-0.15, -0.1) is 13.2 Å². The first-order valence-corrected chi connectivity index (χ1v) is 6.12. The van der Waals surface area contributed by atoms with Gasteiger partial charge in [0, 0.05) is 6.42 Å². The molecule has 6 heteroatoms. The van der Waals surface area contributed by atoms with Gasteiger partial charge < -0.3 is 9.84 Å². The zero-order valence-corrected chi connectivity index (χ0v) is 10.8. The summed E-state index contributed by atoms with van der Waals surface area (Å²) >= 11 is 0. The van der Waals surface area contributed by atoms with Crippen molar-refractivity contribution in [3.8, 4) is 5.75 Å². The minimum absolute atomic E-state index is 0.0905. The number of ether oxygens (including phenoxy) is 1. The van der Waals surface area contributed by atoms with Gasteiger partial charge in [-0.1, -0.05) is 24.3 Å². The van der Waals surface area contributed by atoms with E-state index in [-0.39, 0.29) is 12.0 Å². The molecule has 2 nitrogen and oxygen atoms in total. The molecule has 0 saturated heterocycles. The molecule has 2 rings (SSSR count). The predicted molar refractivity (Wildman–Crippen MR) is 68.2 cm³/mol. The molecule has 21 heavy (non-hydrogen) atoms. The Morgan fingerprint density at radius 2 is 1.76 bits per heavy atom. The molecule has 0 radical (unpaired) electrons. The van der Waals surface area contributed by atoms with E-state index in [9.17, 15) is 22.7 Å². The van der Waals surface area contributed by atoms with E-state index in [0.717, 1.165) is 12.1 Å². The van der Waals surface area contributed by atoms with Crippen LogP contribution in [0.3, 0.4) is 0 Å². The lowest BCUT2D eigenvalue weighted by Crippen LogP contribution is -2.17. The van der Waals surface area contributed by atoms with Crippen molar-refractivity contribution in [3.63, 3.8) is 0 Å². The van der Waals surface area contributed by atoms with Crippen LogP contribution < -0.4 is 4.74 Å². The summed E-state index contributed by atoms with van der Waals surface area (Å²) in [6.07, 6.45) is -5.75. The predicted octanol–water partition coefficient (Wildman–Crippen LogP) is 4.00. The minimum Gasteiger partial charge on any atom is -0.406 e. The lowest BCUT2D eigenvalue weighted by atomic mass is 10.0. The molecule has 0 amide bonds. The Labute approximate surface area is 118 Å². The van der Waals surface area contributed by atoms with Gasteiger partial charge >= 0.3 is 6.36 Å². The Bertz CT molecular complexity index is 611. The van der Waals surface area contributed by atoms with Crippen molar-refractivity contribution in [2.45, 2.75) is 18.9 Å². The topological polar surface area (TPSA) is 29.5 Å². The zero-order valence-electron chi connectivity index (χ0n) is 10.8. The second kappa shape index (κ2) is 6.13. The number of alkyl halides is 3. The van der Waals surface area contributed by atoms with Gasteiger partial charge in [-0.05, 0) is 35.4 Å². The first-order chi connectivity index (χ1) is 9.83. The lowest BCUT2D eigenvalue weighted by molar-refractivity contribution is -0.274. The van der Waals surface area contributed by atoms with Crippen LogP contribution in [0.1, 0.15) is 17.2 Å². The highest BCUT2D eigenvalue weighted by Gasteiger charge is 2.31. The summed E-state index contributed by atoms with van der Waals surface area (Å²) in [6.45, 7) is 0. The molecule has 2 aromatic rings. The maximum atomic E-state index is 13.0. The Morgan fingerprint density at radius 3 is 2.43 bits per heavy atom. The summed E-state index contributed by atoms with van der Waals surface area (Å²) in [7, 11) is 0. The van der Waals surface area contributed by atoms with Crippen LogP contribution in [0.2, 0.25) is 0 Å². The molecule has 0 aliphatic carbocycles. The van der Waals surface area contributed by atoms with E-state index >= 15 is 0 Å². The average molecular weight is 300 g/mol. The van der Waals surface area contributed by atoms with E-state index in [2.05, 4.69) is 4.74 Å². The van der Waals surface area contributed by atoms with Crippen LogP contribution in [0.25, 0.3) is 0 Å². The molecule has 0 spiro atoms. The van der Waals surface area contributed by atoms with E-state index in [1.807, 2.05) is 0 Å². The highest BCUT2D eigenvalue weighted by molar-refractivity contribution is 5.31. The molecule has 0 saturated carbocycles. The van der Waals surface area contributed by atoms with Crippen LogP contribution >= 0.6 is 0 Å². The van der Waals surface area contributed by atoms with E-state index in [1.165, 1.54) is 30.3 Å². The fraction of sp³-hybridized carbons (Fsp3) is 0.200. The summed E-state index contributed by atoms with van der Waals surface area (Å²) in [5.74, 6) is -0.841. The van der Waals surface area contributed by atoms with Crippen LogP contribution in [0.5, 0.6) is 5.75 Å². The third-order valence-electron chi connectivity index (χ3n) is 2.79. The second-order valence-electron chi connectivity index (χ2n) is 4.47. The number of benzene rings is 2. The normalized spacial score (nSPS) is 13.0. The van der Waals surface area contributed by atoms with Crippen molar-refractivity contribution >= 4 is 0 Å². The van der Waals surface area contributed by atoms with Crippen LogP contribution in [0.15, 0.2) is 48.5 Å². The molecule has 0 aliphatic heterocycles. The summed E-state index contributed by atoms with van der Waals surface area (Å²) in [6, 6.07) is 10.7. The molecule has 0 aromatic heterocycles. The summed E-state index contributed by atoms with van der Waals surface area (Å²) < 4.78 is 53.3. The van der Waals surface area contributed by atoms with Gasteiger partial charge in [-0.3, -0.25) is 0 Å². The fourth-order valence-electron chi connectivity index (χ4n) is 1.92. The van der Waals surface area contributed by atoms with Crippen molar-refractivity contribution in [2.75, 3.05) is 0 Å². The van der Waals surface area contributed by atoms with Crippen LogP contribution in [0, 0.1) is 5.82 Å². The van der Waals surface area contributed by atoms with Gasteiger partial charge in [-0.25, -0.2) is 4.39 Å². The maximum Gasteiger partial charge on any atom is 0.573 e. The molecule has 0 heterocycles. The van der Waals surface area contributed by atoms with Gasteiger partial charge in [-0.2, -0.15) is 0 Å². The monoisotopic (exact) mass is 300 g/mol. The van der Waals surface area contributed by atoms with Crippen molar-refractivity contribution in [1.29, 1.82) is 0 Å². The fourth-order valence-corrected chi connectivity index (χ4v) is 1.92. The van der Waals surface area contributed by atoms with Crippen molar-refractivity contribution in [2.24, 2.45) is 0 Å². The SMILES string of the molecule is OC(Cc1cccc(F)c1)c1cccc(OC(F)(F)F)c1. The van der Waals surface area contributed by atoms with Gasteiger partial charge in [0.25, 0.3) is 0 Å². The Hall–Kier alpha value is -2.08. The van der Waals surface area contributed by atoms with Gasteiger partial charge in [0.1, 0.15) is 11.6 Å². The highest BCUT2D eigenvalue weighted by Crippen LogP contribution is 2.26. The van der Waals surface area contributed by atoms with Crippen LogP contribution in [0.4, 0.5) is 17.6 Å². The molecule has 2 aromatic carbocycles. The number of rotatable bonds is 4. The Kier molecular flexibility index (Phi) is 4.47. The molecule has 1 N–H and O–H groups in total. The molecular formula is C15H12F4O2. The number of hydrogen-bond acceptors (Lipinski definition) is 2. The van der Waals surface area contributed by atoms with Crippen molar-refractivity contribution in [1.82, 2.24) is 0 Å². The standard InChI is InChI=1S/C15H12F4O2/c16-12-5-1-3-10(7-12)8-14(20)11-4-2-6-13(9-11)21-15(17,18)19/h1-7,9,14,20H,8H2. The number of aliphatic hydroxyl groups excluding tert-OH is 1. The molecular weight excluding hydrogens is 288 g/mol. The maximum absolute atomic E-state index is 13.0. The summed E-state index contributed by atoms with van der Waals surface area (Å²) in [5.41, 5.74) is 0.811. The number of halogens is 4. The third-order valence-corrected chi connectivity index (χ3v) is 2.79. The minimum atomic E-state index is -4.79. The second-order valence-corrected chi connectivity index (χ2v) is 4.47. The van der Waals surface area contributed by atoms with Crippen molar-refractivity contribution < 1.29 is 27.4 Å².